The van der Waals surface area contributed by atoms with Crippen LogP contribution in [0.25, 0.3) is 33.4 Å². The van der Waals surface area contributed by atoms with Crippen molar-refractivity contribution in [3.63, 3.8) is 0 Å². The summed E-state index contributed by atoms with van der Waals surface area (Å²) in [5.41, 5.74) is 4.26. The molecule has 4 aromatic heterocycles. The number of fused-ring (bicyclic) bond motifs is 2. The van der Waals surface area contributed by atoms with E-state index >= 15 is 0 Å². The van der Waals surface area contributed by atoms with Gasteiger partial charge in [-0.05, 0) is 55.3 Å². The van der Waals surface area contributed by atoms with Crippen LogP contribution in [0.4, 0.5) is 5.82 Å². The quantitative estimate of drug-likeness (QED) is 0.301. The molecule has 0 fully saturated rings. The van der Waals surface area contributed by atoms with Crippen molar-refractivity contribution in [1.29, 1.82) is 0 Å². The number of aromatic hydroxyl groups is 1. The van der Waals surface area contributed by atoms with Gasteiger partial charge in [0.05, 0.1) is 24.2 Å². The van der Waals surface area contributed by atoms with Crippen LogP contribution in [0.1, 0.15) is 24.4 Å². The highest BCUT2D eigenvalue weighted by molar-refractivity contribution is 6.01. The molecular weight excluding hydrogens is 482 g/mol. The largest absolute Gasteiger partial charge is 0.504 e. The van der Waals surface area contributed by atoms with Crippen LogP contribution < -0.4 is 15.6 Å². The molecule has 0 aliphatic heterocycles. The molecule has 1 atom stereocenters. The van der Waals surface area contributed by atoms with Gasteiger partial charge in [-0.25, -0.2) is 14.5 Å². The third-order valence-electron chi connectivity index (χ3n) is 6.63. The van der Waals surface area contributed by atoms with E-state index in [-0.39, 0.29) is 11.3 Å². The van der Waals surface area contributed by atoms with Crippen LogP contribution in [0.5, 0.6) is 11.5 Å². The lowest BCUT2D eigenvalue weighted by Gasteiger charge is -2.20. The molecule has 6 rings (SSSR count). The minimum atomic E-state index is -0.412. The van der Waals surface area contributed by atoms with Gasteiger partial charge in [0.1, 0.15) is 23.3 Å². The number of phenols is 1. The molecule has 0 amide bonds. The molecule has 0 saturated carbocycles. The molecule has 0 saturated heterocycles. The fourth-order valence-electron chi connectivity index (χ4n) is 4.75. The van der Waals surface area contributed by atoms with Gasteiger partial charge in [0.25, 0.3) is 5.56 Å². The van der Waals surface area contributed by atoms with E-state index in [0.717, 1.165) is 27.8 Å². The van der Waals surface area contributed by atoms with Crippen LogP contribution in [-0.4, -0.2) is 41.3 Å². The molecule has 6 aromatic rings. The van der Waals surface area contributed by atoms with Crippen LogP contribution in [0.15, 0.2) is 78.1 Å². The normalized spacial score (nSPS) is 12.2. The first-order chi connectivity index (χ1) is 18.5. The molecule has 0 aliphatic rings. The minimum Gasteiger partial charge on any atom is -0.504 e. The Balaban J connectivity index is 1.49. The summed E-state index contributed by atoms with van der Waals surface area (Å²) in [6.07, 6.45) is 5.11. The Kier molecular flexibility index (Phi) is 5.56. The number of aromatic nitrogens is 6. The zero-order valence-corrected chi connectivity index (χ0v) is 21.0. The van der Waals surface area contributed by atoms with Gasteiger partial charge in [-0.15, -0.1) is 0 Å². The molecule has 0 spiro atoms. The first-order valence-corrected chi connectivity index (χ1v) is 12.1. The summed E-state index contributed by atoms with van der Waals surface area (Å²) in [4.78, 5) is 25.8. The van der Waals surface area contributed by atoms with Crippen LogP contribution in [0.2, 0.25) is 0 Å². The number of hydrogen-bond donors (Lipinski definition) is 3. The van der Waals surface area contributed by atoms with Crippen molar-refractivity contribution in [2.75, 3.05) is 12.4 Å². The number of methoxy groups -OCH3 is 1. The molecule has 4 heterocycles. The molecule has 38 heavy (non-hydrogen) atoms. The number of benzene rings is 2. The summed E-state index contributed by atoms with van der Waals surface area (Å²) >= 11 is 0. The first-order valence-electron chi connectivity index (χ1n) is 12.1. The summed E-state index contributed by atoms with van der Waals surface area (Å²) in [5.74, 6) is 1.52. The predicted molar refractivity (Wildman–Crippen MR) is 145 cm³/mol. The lowest BCUT2D eigenvalue weighted by atomic mass is 10.1. The molecule has 3 N–H and O–H groups in total. The number of hydrogen-bond acceptors (Lipinski definition) is 7. The average molecular weight is 508 g/mol. The second-order valence-electron chi connectivity index (χ2n) is 9.03. The van der Waals surface area contributed by atoms with Crippen LogP contribution in [-0.2, 0) is 0 Å². The summed E-state index contributed by atoms with van der Waals surface area (Å²) in [6.45, 7) is 3.84. The zero-order valence-electron chi connectivity index (χ0n) is 21.0. The molecule has 0 unspecified atom stereocenters. The van der Waals surface area contributed by atoms with Gasteiger partial charge in [0, 0.05) is 18.0 Å². The maximum Gasteiger partial charge on any atom is 0.282 e. The van der Waals surface area contributed by atoms with Crippen LogP contribution >= 0.6 is 0 Å². The van der Waals surface area contributed by atoms with Gasteiger partial charge in [0.15, 0.2) is 17.3 Å². The SMILES string of the molecule is COc1cc(-c2c[nH]c3ncnc(N[C@@H](C)c4nn5ccc(C)c5c(=O)n4-c4ccccc4)c23)ccc1O. The van der Waals surface area contributed by atoms with Gasteiger partial charge in [0.2, 0.25) is 0 Å². The summed E-state index contributed by atoms with van der Waals surface area (Å²) in [7, 11) is 1.51. The Morgan fingerprint density at radius 3 is 2.71 bits per heavy atom. The Morgan fingerprint density at radius 2 is 1.92 bits per heavy atom. The number of H-pyrrole nitrogens is 1. The van der Waals surface area contributed by atoms with Crippen LogP contribution in [0, 0.1) is 6.92 Å². The highest BCUT2D eigenvalue weighted by atomic mass is 16.5. The van der Waals surface area contributed by atoms with Gasteiger partial charge in [-0.2, -0.15) is 5.10 Å². The van der Waals surface area contributed by atoms with Crippen LogP contribution in [0.3, 0.4) is 0 Å². The first kappa shape index (κ1) is 23.3. The van der Waals surface area contributed by atoms with Crippen molar-refractivity contribution in [3.05, 3.63) is 95.1 Å². The van der Waals surface area contributed by atoms with E-state index in [4.69, 9.17) is 9.84 Å². The van der Waals surface area contributed by atoms with Crippen molar-refractivity contribution < 1.29 is 9.84 Å². The number of ether oxygens (including phenoxy) is 1. The lowest BCUT2D eigenvalue weighted by molar-refractivity contribution is 0.373. The average Bonchev–Trinajstić information content (AvgIpc) is 3.54. The lowest BCUT2D eigenvalue weighted by Crippen LogP contribution is -2.29. The molecule has 0 bridgehead atoms. The highest BCUT2D eigenvalue weighted by Gasteiger charge is 2.22. The third-order valence-corrected chi connectivity index (χ3v) is 6.63. The molecule has 10 nitrogen and oxygen atoms in total. The van der Waals surface area contributed by atoms with E-state index in [1.54, 1.807) is 33.5 Å². The number of phenolic OH excluding ortho intramolecular Hbond substituents is 1. The van der Waals surface area contributed by atoms with E-state index in [9.17, 15) is 9.90 Å². The molecule has 10 heteroatoms. The fraction of sp³-hybridized carbons (Fsp3) is 0.143. The third kappa shape index (κ3) is 3.74. The van der Waals surface area contributed by atoms with E-state index < -0.39 is 6.04 Å². The van der Waals surface area contributed by atoms with Crippen molar-refractivity contribution in [2.24, 2.45) is 0 Å². The zero-order chi connectivity index (χ0) is 26.4. The second-order valence-corrected chi connectivity index (χ2v) is 9.03. The van der Waals surface area contributed by atoms with E-state index in [0.29, 0.717) is 28.6 Å². The smallest absolute Gasteiger partial charge is 0.282 e. The molecular formula is C28H25N7O3. The van der Waals surface area contributed by atoms with Gasteiger partial charge in [-0.3, -0.25) is 9.36 Å². The Labute approximate surface area is 217 Å². The maximum atomic E-state index is 13.7. The summed E-state index contributed by atoms with van der Waals surface area (Å²) in [5, 5.41) is 19.1. The van der Waals surface area contributed by atoms with Crippen molar-refractivity contribution in [2.45, 2.75) is 19.9 Å². The monoisotopic (exact) mass is 507 g/mol. The predicted octanol–water partition coefficient (Wildman–Crippen LogP) is 4.62. The number of para-hydroxylation sites is 1. The highest BCUT2D eigenvalue weighted by Crippen LogP contribution is 2.37. The van der Waals surface area contributed by atoms with E-state index in [1.165, 1.54) is 13.4 Å². The Hall–Kier alpha value is -5.12. The summed E-state index contributed by atoms with van der Waals surface area (Å²) in [6, 6.07) is 16.1. The molecule has 190 valence electrons. The standard InChI is InChI=1S/C28H25N7O3/c1-16-11-12-34-24(16)28(37)35(19-7-5-4-6-8-19)27(33-34)17(2)32-26-23-20(14-29-25(23)30-15-31-26)18-9-10-21(36)22(13-18)38-3/h4-15,17,36H,1-3H3,(H2,29,30,31,32)/t17-/m0/s1. The second kappa shape index (κ2) is 9.07. The Bertz CT molecular complexity index is 1850. The van der Waals surface area contributed by atoms with Gasteiger partial charge in [-0.1, -0.05) is 24.3 Å². The number of nitrogens with one attached hydrogen (secondary N) is 2. The van der Waals surface area contributed by atoms with Gasteiger partial charge < -0.3 is 20.1 Å². The number of nitrogens with zero attached hydrogens (tertiary/aromatic N) is 5. The van der Waals surface area contributed by atoms with Crippen molar-refractivity contribution in [3.8, 4) is 28.3 Å². The van der Waals surface area contributed by atoms with Gasteiger partial charge >= 0.3 is 0 Å². The van der Waals surface area contributed by atoms with E-state index in [2.05, 4.69) is 20.3 Å². The Morgan fingerprint density at radius 1 is 1.11 bits per heavy atom. The number of aromatic amines is 1. The molecule has 2 aromatic carbocycles. The fourth-order valence-corrected chi connectivity index (χ4v) is 4.75. The summed E-state index contributed by atoms with van der Waals surface area (Å²) < 4.78 is 8.57. The van der Waals surface area contributed by atoms with Crippen molar-refractivity contribution in [1.82, 2.24) is 29.1 Å². The topological polar surface area (TPSA) is 122 Å². The van der Waals surface area contributed by atoms with E-state index in [1.807, 2.05) is 56.4 Å². The molecule has 0 radical (unpaired) electrons. The van der Waals surface area contributed by atoms with Crippen molar-refractivity contribution >= 4 is 22.4 Å². The number of aryl methyl sites for hydroxylation is 1. The molecule has 0 aliphatic carbocycles. The number of anilines is 1. The maximum absolute atomic E-state index is 13.7. The number of rotatable bonds is 6. The minimum absolute atomic E-state index is 0.0555.